The van der Waals surface area contributed by atoms with Crippen LogP contribution in [0.5, 0.6) is 0 Å². The third kappa shape index (κ3) is 9.69. The Hall–Kier alpha value is -0.613. The summed E-state index contributed by atoms with van der Waals surface area (Å²) in [5, 5.41) is 0. The van der Waals surface area contributed by atoms with Gasteiger partial charge in [-0.25, -0.2) is 5.48 Å². The molecule has 0 spiro atoms. The second-order valence-corrected chi connectivity index (χ2v) is 10.6. The molecule has 0 heterocycles. The van der Waals surface area contributed by atoms with E-state index >= 15 is 0 Å². The molecule has 0 fully saturated rings. The van der Waals surface area contributed by atoms with Gasteiger partial charge in [0.1, 0.15) is 0 Å². The van der Waals surface area contributed by atoms with Gasteiger partial charge in [-0.1, -0.05) is 31.3 Å². The fourth-order valence-electron chi connectivity index (χ4n) is 1.06. The van der Waals surface area contributed by atoms with Gasteiger partial charge < -0.3 is 0 Å². The summed E-state index contributed by atoms with van der Waals surface area (Å²) in [5.41, 5.74) is 3.61. The van der Waals surface area contributed by atoms with Crippen LogP contribution in [0.25, 0.3) is 0 Å². The third-order valence-electron chi connectivity index (χ3n) is 2.03. The number of hydroxylamine groups is 1. The largest absolute Gasteiger partial charge is 0.277 e. The average Bonchev–Trinajstić information content (AvgIpc) is 2.11. The number of carbonyl (C=O) groups is 1. The molecule has 0 aliphatic carbocycles. The van der Waals surface area contributed by atoms with Crippen LogP contribution in [0.3, 0.4) is 0 Å². The molecule has 88 valence electrons. The van der Waals surface area contributed by atoms with Gasteiger partial charge in [0.05, 0.1) is 7.11 Å². The first-order chi connectivity index (χ1) is 6.85. The van der Waals surface area contributed by atoms with E-state index < -0.39 is 8.07 Å². The topological polar surface area (TPSA) is 38.3 Å². The summed E-state index contributed by atoms with van der Waals surface area (Å²) in [7, 11) is 0.457. The van der Waals surface area contributed by atoms with Crippen LogP contribution < -0.4 is 5.48 Å². The summed E-state index contributed by atoms with van der Waals surface area (Å²) in [5.74, 6) is -0.0572. The molecule has 0 aliphatic rings. The molecular formula is C11H23NO2Si. The number of carbonyl (C=O) groups excluding carboxylic acids is 1. The number of nitrogens with one attached hydrogen (secondary N) is 1. The molecule has 0 aromatic heterocycles. The van der Waals surface area contributed by atoms with Crippen LogP contribution in [0, 0.1) is 0 Å². The van der Waals surface area contributed by atoms with Gasteiger partial charge in [0, 0.05) is 14.5 Å². The van der Waals surface area contributed by atoms with Gasteiger partial charge in [0.15, 0.2) is 0 Å². The van der Waals surface area contributed by atoms with Gasteiger partial charge in [0.2, 0.25) is 5.91 Å². The maximum Gasteiger partial charge on any atom is 0.243 e. The van der Waals surface area contributed by atoms with Gasteiger partial charge in [-0.05, 0) is 19.4 Å². The van der Waals surface area contributed by atoms with E-state index in [2.05, 4.69) is 43.0 Å². The molecule has 0 aliphatic heterocycles. The Kier molecular flexibility index (Phi) is 6.52. The molecular weight excluding hydrogens is 206 g/mol. The lowest BCUT2D eigenvalue weighted by Gasteiger charge is -2.13. The number of hydrogen-bond donors (Lipinski definition) is 1. The van der Waals surface area contributed by atoms with Gasteiger partial charge >= 0.3 is 0 Å². The third-order valence-corrected chi connectivity index (χ3v) is 3.45. The van der Waals surface area contributed by atoms with Crippen molar-refractivity contribution in [1.82, 2.24) is 5.48 Å². The van der Waals surface area contributed by atoms with Crippen LogP contribution in [0.4, 0.5) is 0 Å². The van der Waals surface area contributed by atoms with Crippen molar-refractivity contribution in [2.45, 2.75) is 45.5 Å². The van der Waals surface area contributed by atoms with E-state index in [0.29, 0.717) is 6.42 Å². The van der Waals surface area contributed by atoms with Gasteiger partial charge in [-0.15, -0.1) is 0 Å². The molecule has 1 N–H and O–H groups in total. The molecule has 1 amide bonds. The summed E-state index contributed by atoms with van der Waals surface area (Å²) in [4.78, 5) is 15.6. The normalized spacial score (nSPS) is 12.7. The minimum absolute atomic E-state index is 0.0572. The molecule has 0 saturated carbocycles. The lowest BCUT2D eigenvalue weighted by Crippen LogP contribution is -2.21. The molecule has 15 heavy (non-hydrogen) atoms. The summed E-state index contributed by atoms with van der Waals surface area (Å²) in [6, 6.07) is 1.19. The Morgan fingerprint density at radius 1 is 1.33 bits per heavy atom. The van der Waals surface area contributed by atoms with Crippen LogP contribution in [-0.4, -0.2) is 21.1 Å². The molecule has 4 heteroatoms. The maximum atomic E-state index is 11.1. The summed E-state index contributed by atoms with van der Waals surface area (Å²) in [6.07, 6.45) is 3.59. The SMILES string of the molecule is CONC(=O)CC/C(C)=C/C[Si](C)(C)C. The zero-order valence-electron chi connectivity index (χ0n) is 10.5. The quantitative estimate of drug-likeness (QED) is 0.432. The first-order valence-corrected chi connectivity index (χ1v) is 9.03. The van der Waals surface area contributed by atoms with E-state index in [-0.39, 0.29) is 5.91 Å². The maximum absolute atomic E-state index is 11.1. The van der Waals surface area contributed by atoms with Crippen molar-refractivity contribution in [3.63, 3.8) is 0 Å². The molecule has 0 saturated heterocycles. The number of rotatable bonds is 6. The fourth-order valence-corrected chi connectivity index (χ4v) is 2.02. The number of amides is 1. The predicted molar refractivity (Wildman–Crippen MR) is 66.3 cm³/mol. The lowest BCUT2D eigenvalue weighted by atomic mass is 10.1. The van der Waals surface area contributed by atoms with Crippen molar-refractivity contribution in [3.8, 4) is 0 Å². The van der Waals surface area contributed by atoms with Crippen LogP contribution in [0.2, 0.25) is 25.7 Å². The molecule has 0 unspecified atom stereocenters. The Morgan fingerprint density at radius 2 is 1.93 bits per heavy atom. The Morgan fingerprint density at radius 3 is 2.40 bits per heavy atom. The highest BCUT2D eigenvalue weighted by Gasteiger charge is 2.10. The van der Waals surface area contributed by atoms with Crippen molar-refractivity contribution in [2.24, 2.45) is 0 Å². The summed E-state index contributed by atoms with van der Waals surface area (Å²) in [6.45, 7) is 9.11. The van der Waals surface area contributed by atoms with Gasteiger partial charge in [-0.3, -0.25) is 9.63 Å². The van der Waals surface area contributed by atoms with Crippen molar-refractivity contribution < 1.29 is 9.63 Å². The predicted octanol–water partition coefficient (Wildman–Crippen LogP) is 2.73. The highest BCUT2D eigenvalue weighted by atomic mass is 28.3. The lowest BCUT2D eigenvalue weighted by molar-refractivity contribution is -0.131. The first-order valence-electron chi connectivity index (χ1n) is 5.32. The molecule has 0 bridgehead atoms. The van der Waals surface area contributed by atoms with E-state index in [1.165, 1.54) is 18.7 Å². The van der Waals surface area contributed by atoms with Crippen LogP contribution in [0.1, 0.15) is 19.8 Å². The van der Waals surface area contributed by atoms with E-state index in [0.717, 1.165) is 6.42 Å². The molecule has 0 aromatic carbocycles. The van der Waals surface area contributed by atoms with Gasteiger partial charge in [-0.2, -0.15) is 0 Å². The molecule has 0 radical (unpaired) electrons. The Labute approximate surface area is 93.9 Å². The second kappa shape index (κ2) is 6.79. The first kappa shape index (κ1) is 14.4. The highest BCUT2D eigenvalue weighted by Crippen LogP contribution is 2.13. The molecule has 0 rings (SSSR count). The number of hydrogen-bond acceptors (Lipinski definition) is 2. The minimum atomic E-state index is -0.993. The smallest absolute Gasteiger partial charge is 0.243 e. The second-order valence-electron chi connectivity index (χ2n) is 5.04. The van der Waals surface area contributed by atoms with Crippen molar-refractivity contribution >= 4 is 14.0 Å². The van der Waals surface area contributed by atoms with E-state index in [1.807, 2.05) is 0 Å². The Balaban J connectivity index is 3.83. The van der Waals surface area contributed by atoms with Crippen LogP contribution >= 0.6 is 0 Å². The molecule has 0 atom stereocenters. The fraction of sp³-hybridized carbons (Fsp3) is 0.727. The zero-order chi connectivity index (χ0) is 11.9. The van der Waals surface area contributed by atoms with E-state index in [4.69, 9.17) is 0 Å². The summed E-state index contributed by atoms with van der Waals surface area (Å²) >= 11 is 0. The standard InChI is InChI=1S/C11H23NO2Si/c1-10(8-9-15(3,4)5)6-7-11(13)12-14-2/h8H,6-7,9H2,1-5H3,(H,12,13)/b10-8+. The Bertz CT molecular complexity index is 231. The van der Waals surface area contributed by atoms with Crippen molar-refractivity contribution in [2.75, 3.05) is 7.11 Å². The molecule has 0 aromatic rings. The van der Waals surface area contributed by atoms with Crippen molar-refractivity contribution in [3.05, 3.63) is 11.6 Å². The summed E-state index contributed by atoms with van der Waals surface area (Å²) < 4.78 is 0. The van der Waals surface area contributed by atoms with Crippen LogP contribution in [-0.2, 0) is 9.63 Å². The monoisotopic (exact) mass is 229 g/mol. The van der Waals surface area contributed by atoms with Crippen LogP contribution in [0.15, 0.2) is 11.6 Å². The van der Waals surface area contributed by atoms with Crippen molar-refractivity contribution in [1.29, 1.82) is 0 Å². The average molecular weight is 229 g/mol. The zero-order valence-corrected chi connectivity index (χ0v) is 11.5. The van der Waals surface area contributed by atoms with E-state index in [1.54, 1.807) is 0 Å². The van der Waals surface area contributed by atoms with E-state index in [9.17, 15) is 4.79 Å². The number of allylic oxidation sites excluding steroid dienone is 2. The van der Waals surface area contributed by atoms with Gasteiger partial charge in [0.25, 0.3) is 0 Å². The minimum Gasteiger partial charge on any atom is -0.277 e. The molecule has 3 nitrogen and oxygen atoms in total. The highest BCUT2D eigenvalue weighted by molar-refractivity contribution is 6.76.